The molecule has 1 fully saturated rings. The maximum atomic E-state index is 13.4. The van der Waals surface area contributed by atoms with Crippen molar-refractivity contribution in [2.75, 3.05) is 39.3 Å². The number of hydrogen-bond donors (Lipinski definition) is 0. The van der Waals surface area contributed by atoms with Gasteiger partial charge in [-0.1, -0.05) is 46.3 Å². The maximum Gasteiger partial charge on any atom is 0.409 e. The van der Waals surface area contributed by atoms with Gasteiger partial charge < -0.3 is 14.5 Å². The monoisotopic (exact) mass is 523 g/mol. The fourth-order valence-corrected chi connectivity index (χ4v) is 5.01. The first-order chi connectivity index (χ1) is 15.3. The van der Waals surface area contributed by atoms with Gasteiger partial charge in [0.05, 0.1) is 18.0 Å². The van der Waals surface area contributed by atoms with E-state index in [1.807, 2.05) is 30.3 Å². The summed E-state index contributed by atoms with van der Waals surface area (Å²) < 4.78 is 33.7. The highest BCUT2D eigenvalue weighted by Crippen LogP contribution is 2.21. The van der Waals surface area contributed by atoms with Crippen molar-refractivity contribution in [2.24, 2.45) is 0 Å². The van der Waals surface area contributed by atoms with Crippen LogP contribution in [0.3, 0.4) is 0 Å². The number of piperazine rings is 1. The van der Waals surface area contributed by atoms with Crippen molar-refractivity contribution in [3.63, 3.8) is 0 Å². The van der Waals surface area contributed by atoms with Crippen LogP contribution in [0.2, 0.25) is 0 Å². The van der Waals surface area contributed by atoms with E-state index in [2.05, 4.69) is 15.9 Å². The molecule has 8 nitrogen and oxygen atoms in total. The van der Waals surface area contributed by atoms with Gasteiger partial charge in [0.1, 0.15) is 0 Å². The average Bonchev–Trinajstić information content (AvgIpc) is 2.80. The molecule has 2 aromatic rings. The highest BCUT2D eigenvalue weighted by atomic mass is 79.9. The van der Waals surface area contributed by atoms with Gasteiger partial charge >= 0.3 is 6.09 Å². The van der Waals surface area contributed by atoms with Crippen LogP contribution in [0.5, 0.6) is 0 Å². The third kappa shape index (κ3) is 6.08. The molecule has 0 atom stereocenters. The first kappa shape index (κ1) is 24.2. The Bertz CT molecular complexity index is 1020. The van der Waals surface area contributed by atoms with Crippen LogP contribution in [0, 0.1) is 0 Å². The zero-order valence-corrected chi connectivity index (χ0v) is 20.2. The van der Waals surface area contributed by atoms with Gasteiger partial charge in [0.2, 0.25) is 15.9 Å². The smallest absolute Gasteiger partial charge is 0.409 e. The molecule has 0 aliphatic carbocycles. The van der Waals surface area contributed by atoms with Gasteiger partial charge in [-0.05, 0) is 36.8 Å². The molecule has 0 bridgehead atoms. The molecule has 1 saturated heterocycles. The van der Waals surface area contributed by atoms with Gasteiger partial charge in [-0.15, -0.1) is 0 Å². The van der Waals surface area contributed by atoms with Crippen molar-refractivity contribution < 1.29 is 22.7 Å². The molecule has 10 heteroatoms. The number of halogens is 1. The van der Waals surface area contributed by atoms with Crippen molar-refractivity contribution in [1.29, 1.82) is 0 Å². The molecule has 172 valence electrons. The topological polar surface area (TPSA) is 87.2 Å². The van der Waals surface area contributed by atoms with E-state index in [9.17, 15) is 18.0 Å². The predicted molar refractivity (Wildman–Crippen MR) is 123 cm³/mol. The predicted octanol–water partition coefficient (Wildman–Crippen LogP) is 2.94. The molecule has 2 aromatic carbocycles. The molecule has 0 radical (unpaired) electrons. The van der Waals surface area contributed by atoms with Gasteiger partial charge in [0, 0.05) is 37.2 Å². The molecule has 0 unspecified atom stereocenters. The Morgan fingerprint density at radius 2 is 1.56 bits per heavy atom. The Morgan fingerprint density at radius 1 is 0.969 bits per heavy atom. The molecule has 2 amide bonds. The Morgan fingerprint density at radius 3 is 2.16 bits per heavy atom. The molecule has 0 saturated carbocycles. The summed E-state index contributed by atoms with van der Waals surface area (Å²) in [6.45, 7) is 3.18. The number of rotatable bonds is 7. The summed E-state index contributed by atoms with van der Waals surface area (Å²) in [5.74, 6) is -0.301. The van der Waals surface area contributed by atoms with Crippen LogP contribution >= 0.6 is 15.9 Å². The Kier molecular flexibility index (Phi) is 8.27. The first-order valence-electron chi connectivity index (χ1n) is 10.3. The minimum atomic E-state index is -3.90. The lowest BCUT2D eigenvalue weighted by atomic mass is 10.2. The summed E-state index contributed by atoms with van der Waals surface area (Å²) in [5, 5.41) is 0. The lowest BCUT2D eigenvalue weighted by Gasteiger charge is -2.35. The fourth-order valence-electron chi connectivity index (χ4n) is 3.37. The van der Waals surface area contributed by atoms with E-state index in [0.29, 0.717) is 32.8 Å². The van der Waals surface area contributed by atoms with Gasteiger partial charge in [-0.25, -0.2) is 13.2 Å². The average molecular weight is 524 g/mol. The van der Waals surface area contributed by atoms with Gasteiger partial charge in [-0.2, -0.15) is 4.31 Å². The third-order valence-electron chi connectivity index (χ3n) is 5.12. The summed E-state index contributed by atoms with van der Waals surface area (Å²) >= 11 is 3.31. The van der Waals surface area contributed by atoms with Gasteiger partial charge in [0.15, 0.2) is 0 Å². The minimum Gasteiger partial charge on any atom is -0.450 e. The lowest BCUT2D eigenvalue weighted by Crippen LogP contribution is -2.53. The number of amides is 2. The van der Waals surface area contributed by atoms with Gasteiger partial charge in [0.25, 0.3) is 0 Å². The number of hydrogen-bond acceptors (Lipinski definition) is 5. The van der Waals surface area contributed by atoms with Crippen LogP contribution in [0.4, 0.5) is 4.79 Å². The Labute approximate surface area is 196 Å². The van der Waals surface area contributed by atoms with Crippen molar-refractivity contribution >= 4 is 38.0 Å². The quantitative estimate of drug-likeness (QED) is 0.556. The molecule has 32 heavy (non-hydrogen) atoms. The van der Waals surface area contributed by atoms with Crippen LogP contribution in [0.15, 0.2) is 64.0 Å². The van der Waals surface area contributed by atoms with Crippen molar-refractivity contribution in [1.82, 2.24) is 14.1 Å². The second kappa shape index (κ2) is 10.9. The van der Waals surface area contributed by atoms with Crippen LogP contribution in [0.1, 0.15) is 12.5 Å². The highest BCUT2D eigenvalue weighted by molar-refractivity contribution is 9.10. The molecular weight excluding hydrogens is 498 g/mol. The largest absolute Gasteiger partial charge is 0.450 e. The molecule has 0 aromatic heterocycles. The minimum absolute atomic E-state index is 0.0772. The van der Waals surface area contributed by atoms with E-state index >= 15 is 0 Å². The molecule has 1 aliphatic heterocycles. The number of carbonyl (C=O) groups is 2. The summed E-state index contributed by atoms with van der Waals surface area (Å²) in [5.41, 5.74) is 0.785. The van der Waals surface area contributed by atoms with Crippen molar-refractivity contribution in [3.05, 3.63) is 64.6 Å². The summed E-state index contributed by atoms with van der Waals surface area (Å²) in [7, 11) is -3.90. The van der Waals surface area contributed by atoms with E-state index in [-0.39, 0.29) is 23.9 Å². The van der Waals surface area contributed by atoms with E-state index < -0.39 is 16.1 Å². The van der Waals surface area contributed by atoms with Crippen LogP contribution in [0.25, 0.3) is 0 Å². The van der Waals surface area contributed by atoms with E-state index in [4.69, 9.17) is 4.74 Å². The van der Waals surface area contributed by atoms with Crippen LogP contribution in [-0.4, -0.2) is 73.9 Å². The second-order valence-corrected chi connectivity index (χ2v) is 10.1. The molecular formula is C22H26BrN3O5S. The fraction of sp³-hybridized carbons (Fsp3) is 0.364. The summed E-state index contributed by atoms with van der Waals surface area (Å²) in [4.78, 5) is 28.1. The van der Waals surface area contributed by atoms with Crippen molar-refractivity contribution in [3.8, 4) is 0 Å². The standard InChI is InChI=1S/C22H26BrN3O5S/c1-2-31-22(28)25-14-12-24(13-15-25)21(27)17-26(16-18-6-4-3-5-7-18)32(29,30)20-10-8-19(23)9-11-20/h3-11H,2,12-17H2,1H3. The SMILES string of the molecule is CCOC(=O)N1CCN(C(=O)CN(Cc2ccccc2)S(=O)(=O)c2ccc(Br)cc2)CC1. The van der Waals surface area contributed by atoms with Crippen LogP contribution < -0.4 is 0 Å². The lowest BCUT2D eigenvalue weighted by molar-refractivity contribution is -0.133. The Hall–Kier alpha value is -2.43. The first-order valence-corrected chi connectivity index (χ1v) is 12.5. The molecule has 0 spiro atoms. The zero-order chi connectivity index (χ0) is 23.1. The normalized spacial score (nSPS) is 14.5. The Balaban J connectivity index is 1.75. The maximum absolute atomic E-state index is 13.4. The molecule has 3 rings (SSSR count). The van der Waals surface area contributed by atoms with Crippen molar-refractivity contribution in [2.45, 2.75) is 18.4 Å². The third-order valence-corrected chi connectivity index (χ3v) is 7.46. The van der Waals surface area contributed by atoms with E-state index in [0.717, 1.165) is 10.0 Å². The molecule has 1 heterocycles. The van der Waals surface area contributed by atoms with E-state index in [1.54, 1.807) is 28.9 Å². The van der Waals surface area contributed by atoms with Gasteiger partial charge in [-0.3, -0.25) is 4.79 Å². The summed E-state index contributed by atoms with van der Waals surface area (Å²) in [6, 6.07) is 15.5. The zero-order valence-electron chi connectivity index (χ0n) is 17.8. The molecule has 1 aliphatic rings. The number of nitrogens with zero attached hydrogens (tertiary/aromatic N) is 3. The highest BCUT2D eigenvalue weighted by Gasteiger charge is 2.31. The van der Waals surface area contributed by atoms with Crippen LogP contribution in [-0.2, 0) is 26.1 Å². The number of carbonyl (C=O) groups excluding carboxylic acids is 2. The number of sulfonamides is 1. The molecule has 0 N–H and O–H groups in total. The summed E-state index contributed by atoms with van der Waals surface area (Å²) in [6.07, 6.45) is -0.400. The van der Waals surface area contributed by atoms with E-state index in [1.165, 1.54) is 16.4 Å². The second-order valence-electron chi connectivity index (χ2n) is 7.28. The number of benzene rings is 2. The number of ether oxygens (including phenoxy) is 1.